The summed E-state index contributed by atoms with van der Waals surface area (Å²) in [5.41, 5.74) is 3.28. The maximum atomic E-state index is 13.4. The van der Waals surface area contributed by atoms with Crippen molar-refractivity contribution in [2.75, 3.05) is 32.1 Å². The molecule has 0 aromatic heterocycles. The lowest BCUT2D eigenvalue weighted by atomic mass is 10.1. The Hall–Kier alpha value is -3.11. The Kier molecular flexibility index (Phi) is 6.45. The average Bonchev–Trinajstić information content (AvgIpc) is 2.70. The van der Waals surface area contributed by atoms with E-state index >= 15 is 0 Å². The fraction of sp³-hybridized carbons (Fsp3) is 0.208. The van der Waals surface area contributed by atoms with Crippen molar-refractivity contribution in [2.24, 2.45) is 0 Å². The summed E-state index contributed by atoms with van der Waals surface area (Å²) in [5, 5.41) is 0. The molecule has 4 heteroatoms. The molecule has 0 aliphatic rings. The lowest BCUT2D eigenvalue weighted by molar-refractivity contribution is 0.0998. The third kappa shape index (κ3) is 4.78. The van der Waals surface area contributed by atoms with Crippen LogP contribution >= 0.6 is 0 Å². The van der Waals surface area contributed by atoms with Crippen LogP contribution in [-0.4, -0.2) is 38.1 Å². The molecular weight excluding hydrogens is 348 g/mol. The van der Waals surface area contributed by atoms with Gasteiger partial charge in [0.05, 0.1) is 0 Å². The highest BCUT2D eigenvalue weighted by atomic mass is 16.5. The van der Waals surface area contributed by atoms with E-state index < -0.39 is 0 Å². The quantitative estimate of drug-likeness (QED) is 0.589. The van der Waals surface area contributed by atoms with Gasteiger partial charge < -0.3 is 9.64 Å². The number of anilines is 2. The molecule has 0 heterocycles. The highest BCUT2D eigenvalue weighted by Gasteiger charge is 2.21. The monoisotopic (exact) mass is 374 g/mol. The van der Waals surface area contributed by atoms with Crippen LogP contribution in [0.5, 0.6) is 5.75 Å². The summed E-state index contributed by atoms with van der Waals surface area (Å²) >= 11 is 0. The van der Waals surface area contributed by atoms with Crippen molar-refractivity contribution in [3.8, 4) is 5.75 Å². The number of likely N-dealkylation sites (N-methyl/N-ethyl adjacent to an activating group) is 1. The minimum absolute atomic E-state index is 0.0504. The lowest BCUT2D eigenvalue weighted by Gasteiger charge is -2.24. The van der Waals surface area contributed by atoms with Crippen LogP contribution in [0.15, 0.2) is 78.9 Å². The number of rotatable bonds is 7. The van der Waals surface area contributed by atoms with Crippen LogP contribution in [0.4, 0.5) is 11.4 Å². The molecule has 0 fully saturated rings. The summed E-state index contributed by atoms with van der Waals surface area (Å²) in [6.07, 6.45) is 0. The number of amides is 1. The molecule has 0 aliphatic carbocycles. The first kappa shape index (κ1) is 19.6. The maximum Gasteiger partial charge on any atom is 0.263 e. The highest BCUT2D eigenvalue weighted by molar-refractivity contribution is 6.11. The predicted molar refractivity (Wildman–Crippen MR) is 115 cm³/mol. The second-order valence-corrected chi connectivity index (χ2v) is 6.94. The molecule has 0 bridgehead atoms. The van der Waals surface area contributed by atoms with Crippen molar-refractivity contribution >= 4 is 17.3 Å². The van der Waals surface area contributed by atoms with E-state index in [-0.39, 0.29) is 5.91 Å². The number of hydrogen-bond donors (Lipinski definition) is 0. The van der Waals surface area contributed by atoms with E-state index in [1.54, 1.807) is 4.90 Å². The zero-order chi connectivity index (χ0) is 19.9. The number of benzene rings is 3. The molecule has 3 aromatic carbocycles. The molecule has 0 N–H and O–H groups in total. The molecule has 1 amide bonds. The predicted octanol–water partition coefficient (Wildman–Crippen LogP) is 4.91. The first-order valence-corrected chi connectivity index (χ1v) is 9.39. The normalized spacial score (nSPS) is 10.7. The maximum absolute atomic E-state index is 13.4. The van der Waals surface area contributed by atoms with Gasteiger partial charge in [-0.1, -0.05) is 36.4 Å². The van der Waals surface area contributed by atoms with Crippen LogP contribution in [0.1, 0.15) is 15.9 Å². The molecular formula is C24H26N2O2. The summed E-state index contributed by atoms with van der Waals surface area (Å²) in [7, 11) is 4.03. The second-order valence-electron chi connectivity index (χ2n) is 6.94. The fourth-order valence-electron chi connectivity index (χ4n) is 2.93. The molecule has 28 heavy (non-hydrogen) atoms. The van der Waals surface area contributed by atoms with Gasteiger partial charge in [-0.3, -0.25) is 9.69 Å². The van der Waals surface area contributed by atoms with E-state index in [1.807, 2.05) is 99.9 Å². The van der Waals surface area contributed by atoms with Gasteiger partial charge in [-0.15, -0.1) is 0 Å². The summed E-state index contributed by atoms with van der Waals surface area (Å²) in [4.78, 5) is 17.2. The van der Waals surface area contributed by atoms with E-state index in [1.165, 1.54) is 0 Å². The highest BCUT2D eigenvalue weighted by Crippen LogP contribution is 2.29. The Morgan fingerprint density at radius 2 is 1.43 bits per heavy atom. The molecule has 4 nitrogen and oxygen atoms in total. The van der Waals surface area contributed by atoms with Crippen molar-refractivity contribution in [2.45, 2.75) is 6.92 Å². The van der Waals surface area contributed by atoms with Crippen molar-refractivity contribution in [3.05, 3.63) is 90.0 Å². The lowest BCUT2D eigenvalue weighted by Crippen LogP contribution is -2.26. The van der Waals surface area contributed by atoms with Crippen LogP contribution < -0.4 is 9.64 Å². The molecule has 3 aromatic rings. The summed E-state index contributed by atoms with van der Waals surface area (Å²) in [6, 6.07) is 25.0. The van der Waals surface area contributed by atoms with Crippen molar-refractivity contribution in [1.29, 1.82) is 0 Å². The molecule has 0 saturated carbocycles. The molecule has 0 unspecified atom stereocenters. The number of carbonyl (C=O) groups excluding carboxylic acids is 1. The number of carbonyl (C=O) groups is 1. The Bertz CT molecular complexity index is 905. The van der Waals surface area contributed by atoms with Gasteiger partial charge in [0.15, 0.2) is 0 Å². The van der Waals surface area contributed by atoms with Crippen molar-refractivity contribution in [3.63, 3.8) is 0 Å². The van der Waals surface area contributed by atoms with Crippen molar-refractivity contribution < 1.29 is 9.53 Å². The zero-order valence-electron chi connectivity index (χ0n) is 16.6. The molecule has 0 aliphatic heterocycles. The van der Waals surface area contributed by atoms with Gasteiger partial charge in [-0.2, -0.15) is 0 Å². The molecule has 0 radical (unpaired) electrons. The van der Waals surface area contributed by atoms with Crippen molar-refractivity contribution in [1.82, 2.24) is 4.90 Å². The molecule has 0 saturated heterocycles. The second kappa shape index (κ2) is 9.20. The van der Waals surface area contributed by atoms with E-state index in [2.05, 4.69) is 4.90 Å². The van der Waals surface area contributed by atoms with Gasteiger partial charge in [-0.05, 0) is 69.0 Å². The summed E-state index contributed by atoms with van der Waals surface area (Å²) in [6.45, 7) is 3.43. The number of hydrogen-bond acceptors (Lipinski definition) is 3. The van der Waals surface area contributed by atoms with Crippen LogP contribution in [-0.2, 0) is 0 Å². The summed E-state index contributed by atoms with van der Waals surface area (Å²) in [5.74, 6) is 0.743. The van der Waals surface area contributed by atoms with Crippen LogP contribution in [0, 0.1) is 6.92 Å². The minimum Gasteiger partial charge on any atom is -0.492 e. The third-order valence-electron chi connectivity index (χ3n) is 4.50. The van der Waals surface area contributed by atoms with E-state index in [0.29, 0.717) is 12.2 Å². The first-order valence-electron chi connectivity index (χ1n) is 9.39. The Morgan fingerprint density at radius 1 is 0.821 bits per heavy atom. The molecule has 3 rings (SSSR count). The molecule has 0 spiro atoms. The smallest absolute Gasteiger partial charge is 0.263 e. The Balaban J connectivity index is 1.90. The molecule has 0 atom stereocenters. The van der Waals surface area contributed by atoms with Gasteiger partial charge >= 0.3 is 0 Å². The number of aryl methyl sites for hydroxylation is 1. The number of nitrogens with zero attached hydrogens (tertiary/aromatic N) is 2. The summed E-state index contributed by atoms with van der Waals surface area (Å²) < 4.78 is 5.78. The standard InChI is InChI=1S/C24H26N2O2/c1-19-9-7-8-12-23(19)24(27)26(20-10-5-4-6-11-20)21-13-15-22(16-14-21)28-18-17-25(2)3/h4-16H,17-18H2,1-3H3. The largest absolute Gasteiger partial charge is 0.492 e. The van der Waals surface area contributed by atoms with Gasteiger partial charge in [-0.25, -0.2) is 0 Å². The average molecular weight is 374 g/mol. The molecule has 144 valence electrons. The Morgan fingerprint density at radius 3 is 2.07 bits per heavy atom. The fourth-order valence-corrected chi connectivity index (χ4v) is 2.93. The SMILES string of the molecule is Cc1ccccc1C(=O)N(c1ccccc1)c1ccc(OCCN(C)C)cc1. The van der Waals surface area contributed by atoms with E-state index in [9.17, 15) is 4.79 Å². The Labute approximate surface area is 167 Å². The van der Waals surface area contributed by atoms with Crippen LogP contribution in [0.25, 0.3) is 0 Å². The van der Waals surface area contributed by atoms with E-state index in [4.69, 9.17) is 4.74 Å². The van der Waals surface area contributed by atoms with Gasteiger partial charge in [0.25, 0.3) is 5.91 Å². The number of para-hydroxylation sites is 1. The van der Waals surface area contributed by atoms with E-state index in [0.717, 1.165) is 29.2 Å². The topological polar surface area (TPSA) is 32.8 Å². The van der Waals surface area contributed by atoms with Crippen LogP contribution in [0.2, 0.25) is 0 Å². The number of ether oxygens (including phenoxy) is 1. The van der Waals surface area contributed by atoms with Gasteiger partial charge in [0.1, 0.15) is 12.4 Å². The first-order chi connectivity index (χ1) is 13.6. The van der Waals surface area contributed by atoms with Crippen LogP contribution in [0.3, 0.4) is 0 Å². The van der Waals surface area contributed by atoms with Gasteiger partial charge in [0, 0.05) is 23.5 Å². The minimum atomic E-state index is -0.0504. The zero-order valence-corrected chi connectivity index (χ0v) is 16.6. The van der Waals surface area contributed by atoms with Gasteiger partial charge in [0.2, 0.25) is 0 Å². The third-order valence-corrected chi connectivity index (χ3v) is 4.50.